The molecule has 0 atom stereocenters. The van der Waals surface area contributed by atoms with Gasteiger partial charge in [-0.25, -0.2) is 22.7 Å². The number of halogens is 6. The number of aromatic nitrogens is 6. The predicted molar refractivity (Wildman–Crippen MR) is 170 cm³/mol. The Morgan fingerprint density at radius 2 is 1.12 bits per heavy atom. The van der Waals surface area contributed by atoms with Crippen molar-refractivity contribution in [1.82, 2.24) is 29.9 Å². The van der Waals surface area contributed by atoms with E-state index in [1.807, 2.05) is 36.4 Å². The van der Waals surface area contributed by atoms with Gasteiger partial charge in [-0.2, -0.15) is 14.6 Å². The summed E-state index contributed by atoms with van der Waals surface area (Å²) in [6.45, 7) is 0. The maximum Gasteiger partial charge on any atom is 0.287 e. The van der Waals surface area contributed by atoms with E-state index >= 15 is 0 Å². The molecule has 18 heteroatoms. The number of nitrogens with one attached hydrogen (secondary N) is 3. The van der Waals surface area contributed by atoms with Gasteiger partial charge in [-0.3, -0.25) is 14.3 Å². The summed E-state index contributed by atoms with van der Waals surface area (Å²) in [5, 5.41) is 14.9. The van der Waals surface area contributed by atoms with Gasteiger partial charge in [0.05, 0.1) is 0 Å². The number of anilines is 6. The fourth-order valence-corrected chi connectivity index (χ4v) is 3.83. The molecule has 0 aliphatic rings. The molecule has 6 rings (SSSR count). The first kappa shape index (κ1) is 36.1. The molecule has 0 aliphatic heterocycles. The van der Waals surface area contributed by atoms with Crippen LogP contribution in [0.4, 0.5) is 57.4 Å². The first-order chi connectivity index (χ1) is 22.5. The molecule has 0 amide bonds. The van der Waals surface area contributed by atoms with Crippen LogP contribution in [0.2, 0.25) is 0 Å². The van der Waals surface area contributed by atoms with E-state index in [-0.39, 0.29) is 16.6 Å². The van der Waals surface area contributed by atoms with E-state index in [0.717, 1.165) is 42.1 Å². The highest BCUT2D eigenvalue weighted by atomic mass is 35.5. The highest BCUT2D eigenvalue weighted by Gasteiger charge is 2.23. The molecule has 6 aromatic rings. The summed E-state index contributed by atoms with van der Waals surface area (Å²) in [6, 6.07) is 24.8. The summed E-state index contributed by atoms with van der Waals surface area (Å²) >= 11 is 4.89. The second-order valence-electron chi connectivity index (χ2n) is 9.00. The number of nitrogens with zero attached hydrogens (tertiary/aromatic N) is 5. The molecule has 0 radical (unpaired) electrons. The zero-order valence-corrected chi connectivity index (χ0v) is 25.0. The topological polar surface area (TPSA) is 183 Å². The van der Waals surface area contributed by atoms with Crippen molar-refractivity contribution in [1.29, 1.82) is 0 Å². The average molecular weight is 687 g/mol. The van der Waals surface area contributed by atoms with Crippen molar-refractivity contribution in [3.63, 3.8) is 0 Å². The number of para-hydroxylation sites is 2. The molecule has 0 unspecified atom stereocenters. The predicted octanol–water partition coefficient (Wildman–Crippen LogP) is 6.20. The zero-order chi connectivity index (χ0) is 33.9. The first-order valence-electron chi connectivity index (χ1n) is 13.2. The Labute approximate surface area is 273 Å². The van der Waals surface area contributed by atoms with Crippen molar-refractivity contribution in [2.24, 2.45) is 0 Å². The summed E-state index contributed by atoms with van der Waals surface area (Å²) < 4.78 is 53.1. The Morgan fingerprint density at radius 3 is 1.54 bits per heavy atom. The van der Waals surface area contributed by atoms with Gasteiger partial charge >= 0.3 is 0 Å². The van der Waals surface area contributed by atoms with Crippen LogP contribution in [0, 0.1) is 23.3 Å². The average Bonchev–Trinajstić information content (AvgIpc) is 3.62. The second-order valence-corrected chi connectivity index (χ2v) is 9.35. The van der Waals surface area contributed by atoms with E-state index in [0.29, 0.717) is 22.3 Å². The van der Waals surface area contributed by atoms with Crippen molar-refractivity contribution in [2.75, 3.05) is 22.1 Å². The normalized spacial score (nSPS) is 9.94. The second kappa shape index (κ2) is 16.8. The Balaban J connectivity index is 0.000000212. The van der Waals surface area contributed by atoms with Crippen LogP contribution in [0.5, 0.6) is 0 Å². The summed E-state index contributed by atoms with van der Waals surface area (Å²) in [7, 11) is 0. The molecule has 4 aromatic carbocycles. The molecular weight excluding hydrogens is 663 g/mol. The number of hydrogen-bond donors (Lipinski definition) is 5. The van der Waals surface area contributed by atoms with Crippen molar-refractivity contribution in [3.05, 3.63) is 131 Å². The Kier molecular flexibility index (Phi) is 12.6. The molecule has 2 aromatic heterocycles. The van der Waals surface area contributed by atoms with Gasteiger partial charge in [-0.05, 0) is 60.1 Å². The number of carbonyl (C=O) groups is 2. The fraction of sp³-hybridized carbons (Fsp3) is 0. The van der Waals surface area contributed by atoms with Crippen LogP contribution in [0.1, 0.15) is 20.7 Å². The third kappa shape index (κ3) is 9.57. The van der Waals surface area contributed by atoms with Crippen LogP contribution in [-0.2, 0) is 0 Å². The van der Waals surface area contributed by atoms with Crippen LogP contribution in [-0.4, -0.2) is 41.1 Å². The lowest BCUT2D eigenvalue weighted by molar-refractivity contribution is 0.0939. The SMILES string of the molecule is F.Nc1nc(Nc2ccccc2)n[nH]1.Nc1nc(Nc2ccccc2)nn1C(=O)c1c(F)cccc1F.O=C(Cl)c1c(F)cccc1F. The number of benzene rings is 4. The molecule has 7 N–H and O–H groups in total. The molecule has 0 bridgehead atoms. The quantitative estimate of drug-likeness (QED) is 0.0999. The minimum absolute atomic E-state index is 0. The van der Waals surface area contributed by atoms with Crippen molar-refractivity contribution < 1.29 is 31.9 Å². The fourth-order valence-electron chi connectivity index (χ4n) is 3.65. The number of rotatable bonds is 6. The summed E-state index contributed by atoms with van der Waals surface area (Å²) in [4.78, 5) is 30.4. The number of hydrogen-bond acceptors (Lipinski definition) is 10. The minimum atomic E-state index is -1.12. The first-order valence-corrected chi connectivity index (χ1v) is 13.6. The number of nitrogens with two attached hydrogens (primary N) is 2. The molecule has 48 heavy (non-hydrogen) atoms. The third-order valence-electron chi connectivity index (χ3n) is 5.72. The molecule has 0 aliphatic carbocycles. The van der Waals surface area contributed by atoms with E-state index in [2.05, 4.69) is 35.9 Å². The molecule has 0 saturated carbocycles. The Bertz CT molecular complexity index is 1940. The van der Waals surface area contributed by atoms with Crippen molar-refractivity contribution in [2.45, 2.75) is 0 Å². The Hall–Kier alpha value is -6.36. The molecular formula is C30H24ClF5N10O2. The van der Waals surface area contributed by atoms with Crippen molar-refractivity contribution >= 4 is 57.9 Å². The van der Waals surface area contributed by atoms with Gasteiger partial charge in [0.15, 0.2) is 0 Å². The largest absolute Gasteiger partial charge is 0.368 e. The van der Waals surface area contributed by atoms with Crippen LogP contribution in [0.3, 0.4) is 0 Å². The maximum absolute atomic E-state index is 13.7. The van der Waals surface area contributed by atoms with Crippen LogP contribution >= 0.6 is 11.6 Å². The van der Waals surface area contributed by atoms with E-state index in [1.165, 1.54) is 0 Å². The highest BCUT2D eigenvalue weighted by Crippen LogP contribution is 2.18. The van der Waals surface area contributed by atoms with Gasteiger partial charge in [0.2, 0.25) is 23.8 Å². The molecule has 0 saturated heterocycles. The highest BCUT2D eigenvalue weighted by molar-refractivity contribution is 6.67. The monoisotopic (exact) mass is 686 g/mol. The molecule has 248 valence electrons. The molecule has 12 nitrogen and oxygen atoms in total. The van der Waals surface area contributed by atoms with Crippen LogP contribution < -0.4 is 22.1 Å². The number of nitrogen functional groups attached to an aromatic ring is 2. The van der Waals surface area contributed by atoms with E-state index in [4.69, 9.17) is 23.1 Å². The lowest BCUT2D eigenvalue weighted by Crippen LogP contribution is -2.19. The smallest absolute Gasteiger partial charge is 0.287 e. The standard InChI is InChI=1S/C15H11F2N5O.C8H9N5.C7H3ClF2O.FH/c16-10-7-4-8-11(17)12(10)13(23)22-14(18)20-15(21-22)19-9-5-2-1-3-6-9;9-7-11-8(13-12-7)10-6-4-2-1-3-5-6;8-7(11)6-4(9)2-1-3-5(6)10;/h1-8H,(H3,18,19,20,21);1-5H,(H4,9,10,11,12,13);1-3H;1H. The maximum atomic E-state index is 13.7. The van der Waals surface area contributed by atoms with Crippen LogP contribution in [0.15, 0.2) is 97.1 Å². The molecule has 2 heterocycles. The van der Waals surface area contributed by atoms with Gasteiger partial charge < -0.3 is 22.1 Å². The number of H-pyrrole nitrogens is 1. The number of carbonyl (C=O) groups excluding carboxylic acids is 2. The number of aromatic amines is 1. The van der Waals surface area contributed by atoms with Gasteiger partial charge in [0.25, 0.3) is 11.1 Å². The lowest BCUT2D eigenvalue weighted by Gasteiger charge is -2.04. The summed E-state index contributed by atoms with van der Waals surface area (Å²) in [6.07, 6.45) is 0. The van der Waals surface area contributed by atoms with E-state index in [1.54, 1.807) is 24.3 Å². The van der Waals surface area contributed by atoms with E-state index < -0.39 is 45.5 Å². The summed E-state index contributed by atoms with van der Waals surface area (Å²) in [5.74, 6) is -4.37. The molecule has 0 spiro atoms. The lowest BCUT2D eigenvalue weighted by atomic mass is 10.2. The van der Waals surface area contributed by atoms with Crippen LogP contribution in [0.25, 0.3) is 0 Å². The van der Waals surface area contributed by atoms with Gasteiger partial charge in [-0.15, -0.1) is 10.2 Å². The Morgan fingerprint density at radius 1 is 0.667 bits per heavy atom. The summed E-state index contributed by atoms with van der Waals surface area (Å²) in [5.41, 5.74) is 11.1. The molecule has 0 fully saturated rings. The van der Waals surface area contributed by atoms with Gasteiger partial charge in [0.1, 0.15) is 34.4 Å². The zero-order valence-electron chi connectivity index (χ0n) is 24.2. The minimum Gasteiger partial charge on any atom is -0.368 e. The van der Waals surface area contributed by atoms with E-state index in [9.17, 15) is 27.2 Å². The van der Waals surface area contributed by atoms with Gasteiger partial charge in [-0.1, -0.05) is 48.5 Å². The van der Waals surface area contributed by atoms with Crippen molar-refractivity contribution in [3.8, 4) is 0 Å². The third-order valence-corrected chi connectivity index (χ3v) is 5.91. The van der Waals surface area contributed by atoms with Gasteiger partial charge in [0, 0.05) is 11.4 Å².